The van der Waals surface area contributed by atoms with Crippen molar-refractivity contribution >= 4 is 21.7 Å². The van der Waals surface area contributed by atoms with Crippen LogP contribution in [0.25, 0.3) is 0 Å². The Kier molecular flexibility index (Phi) is 4.81. The molecule has 0 amide bonds. The van der Waals surface area contributed by atoms with E-state index in [2.05, 4.69) is 4.74 Å². The summed E-state index contributed by atoms with van der Waals surface area (Å²) in [6.07, 6.45) is 0.638. The summed E-state index contributed by atoms with van der Waals surface area (Å²) in [4.78, 5) is 11.4. The van der Waals surface area contributed by atoms with Gasteiger partial charge >= 0.3 is 5.97 Å². The molecular weight excluding hydrogens is 296 g/mol. The summed E-state index contributed by atoms with van der Waals surface area (Å²) in [5, 5.41) is 0. The molecule has 8 heteroatoms. The van der Waals surface area contributed by atoms with Crippen LogP contribution in [0.4, 0.5) is 5.69 Å². The molecule has 0 radical (unpaired) electrons. The van der Waals surface area contributed by atoms with E-state index in [1.807, 2.05) is 0 Å². The first-order chi connectivity index (χ1) is 9.96. The van der Waals surface area contributed by atoms with Crippen molar-refractivity contribution in [2.45, 2.75) is 11.3 Å². The van der Waals surface area contributed by atoms with Crippen molar-refractivity contribution < 1.29 is 22.7 Å². The van der Waals surface area contributed by atoms with E-state index in [9.17, 15) is 13.2 Å². The molecule has 0 aliphatic carbocycles. The van der Waals surface area contributed by atoms with E-state index in [0.717, 1.165) is 0 Å². The van der Waals surface area contributed by atoms with Gasteiger partial charge in [-0.1, -0.05) is 0 Å². The summed E-state index contributed by atoms with van der Waals surface area (Å²) >= 11 is 0. The van der Waals surface area contributed by atoms with Crippen LogP contribution < -0.4 is 5.73 Å². The molecule has 0 atom stereocenters. The van der Waals surface area contributed by atoms with Gasteiger partial charge in [-0.3, -0.25) is 0 Å². The van der Waals surface area contributed by atoms with E-state index < -0.39 is 16.0 Å². The third-order valence-corrected chi connectivity index (χ3v) is 5.20. The fourth-order valence-electron chi connectivity index (χ4n) is 2.13. The molecule has 1 aromatic carbocycles. The van der Waals surface area contributed by atoms with E-state index in [0.29, 0.717) is 32.7 Å². The number of anilines is 1. The van der Waals surface area contributed by atoms with Crippen LogP contribution in [0.1, 0.15) is 16.8 Å². The molecule has 1 aromatic rings. The fraction of sp³-hybridized carbons (Fsp3) is 0.462. The van der Waals surface area contributed by atoms with Crippen molar-refractivity contribution in [3.05, 3.63) is 23.8 Å². The lowest BCUT2D eigenvalue weighted by atomic mass is 10.2. The number of esters is 1. The zero-order valence-corrected chi connectivity index (χ0v) is 12.6. The summed E-state index contributed by atoms with van der Waals surface area (Å²) < 4.78 is 36.4. The van der Waals surface area contributed by atoms with Gasteiger partial charge in [-0.15, -0.1) is 0 Å². The highest BCUT2D eigenvalue weighted by Gasteiger charge is 2.27. The zero-order valence-electron chi connectivity index (χ0n) is 11.7. The quantitative estimate of drug-likeness (QED) is 0.643. The number of nitrogens with two attached hydrogens (primary N) is 1. The average Bonchev–Trinajstić information content (AvgIpc) is 2.75. The average molecular weight is 314 g/mol. The second-order valence-corrected chi connectivity index (χ2v) is 6.52. The monoisotopic (exact) mass is 314 g/mol. The van der Waals surface area contributed by atoms with Crippen LogP contribution in [0, 0.1) is 0 Å². The minimum atomic E-state index is -3.69. The molecule has 0 unspecified atom stereocenters. The van der Waals surface area contributed by atoms with Gasteiger partial charge in [0.25, 0.3) is 0 Å². The van der Waals surface area contributed by atoms with Gasteiger partial charge in [-0.2, -0.15) is 4.31 Å². The summed E-state index contributed by atoms with van der Waals surface area (Å²) in [7, 11) is -2.44. The minimum absolute atomic E-state index is 0.00273. The highest BCUT2D eigenvalue weighted by molar-refractivity contribution is 7.89. The molecule has 21 heavy (non-hydrogen) atoms. The number of ether oxygens (including phenoxy) is 2. The van der Waals surface area contributed by atoms with E-state index in [1.165, 1.54) is 29.6 Å². The van der Waals surface area contributed by atoms with Crippen LogP contribution in [-0.2, 0) is 19.5 Å². The molecule has 0 spiro atoms. The number of sulfonamides is 1. The normalized spacial score (nSPS) is 17.2. The Morgan fingerprint density at radius 1 is 1.33 bits per heavy atom. The summed E-state index contributed by atoms with van der Waals surface area (Å²) in [6.45, 7) is 1.59. The SMILES string of the molecule is COC(=O)c1ccc(S(=O)(=O)N2CCCOCC2)c(N)c1. The molecule has 2 N–H and O–H groups in total. The Hall–Kier alpha value is -1.64. The molecule has 2 rings (SSSR count). The lowest BCUT2D eigenvalue weighted by molar-refractivity contribution is 0.0600. The molecule has 0 saturated carbocycles. The minimum Gasteiger partial charge on any atom is -0.465 e. The summed E-state index contributed by atoms with van der Waals surface area (Å²) in [5.41, 5.74) is 6.05. The molecule has 0 bridgehead atoms. The van der Waals surface area contributed by atoms with Gasteiger partial charge in [0.15, 0.2) is 0 Å². The Balaban J connectivity index is 2.33. The molecule has 116 valence electrons. The van der Waals surface area contributed by atoms with Crippen molar-refractivity contribution in [3.63, 3.8) is 0 Å². The standard InChI is InChI=1S/C13H18N2O5S/c1-19-13(16)10-3-4-12(11(14)9-10)21(17,18)15-5-2-7-20-8-6-15/h3-4,9H,2,5-8,14H2,1H3. The molecular formula is C13H18N2O5S. The van der Waals surface area contributed by atoms with E-state index in [1.54, 1.807) is 0 Å². The Labute approximate surface area is 123 Å². The maximum absolute atomic E-state index is 12.6. The summed E-state index contributed by atoms with van der Waals surface area (Å²) in [5.74, 6) is -0.561. The first-order valence-corrected chi connectivity index (χ1v) is 7.96. The second-order valence-electron chi connectivity index (χ2n) is 4.61. The Morgan fingerprint density at radius 3 is 2.76 bits per heavy atom. The van der Waals surface area contributed by atoms with Crippen molar-refractivity contribution in [2.24, 2.45) is 0 Å². The number of hydrogen-bond donors (Lipinski definition) is 1. The highest BCUT2D eigenvalue weighted by Crippen LogP contribution is 2.24. The molecule has 0 aromatic heterocycles. The molecule has 1 aliphatic heterocycles. The molecule has 7 nitrogen and oxygen atoms in total. The maximum atomic E-state index is 12.6. The van der Waals surface area contributed by atoms with Gasteiger partial charge in [0.05, 0.1) is 25.0 Å². The molecule has 1 saturated heterocycles. The Morgan fingerprint density at radius 2 is 2.10 bits per heavy atom. The predicted octanol–water partition coefficient (Wildman–Crippen LogP) is 0.466. The van der Waals surface area contributed by atoms with Gasteiger partial charge in [-0.25, -0.2) is 13.2 Å². The number of nitrogen functional groups attached to an aromatic ring is 1. The van der Waals surface area contributed by atoms with Crippen molar-refractivity contribution in [1.29, 1.82) is 0 Å². The van der Waals surface area contributed by atoms with Crippen LogP contribution in [0.5, 0.6) is 0 Å². The lowest BCUT2D eigenvalue weighted by Crippen LogP contribution is -2.33. The van der Waals surface area contributed by atoms with Crippen LogP contribution in [0.15, 0.2) is 23.1 Å². The van der Waals surface area contributed by atoms with Crippen molar-refractivity contribution in [1.82, 2.24) is 4.31 Å². The number of nitrogens with zero attached hydrogens (tertiary/aromatic N) is 1. The zero-order chi connectivity index (χ0) is 15.5. The van der Waals surface area contributed by atoms with Crippen LogP contribution in [-0.4, -0.2) is 52.1 Å². The van der Waals surface area contributed by atoms with Gasteiger partial charge in [0.1, 0.15) is 4.90 Å². The third kappa shape index (κ3) is 3.34. The lowest BCUT2D eigenvalue weighted by Gasteiger charge is -2.20. The van der Waals surface area contributed by atoms with Crippen LogP contribution >= 0.6 is 0 Å². The van der Waals surface area contributed by atoms with E-state index >= 15 is 0 Å². The number of methoxy groups -OCH3 is 1. The van der Waals surface area contributed by atoms with Crippen molar-refractivity contribution in [3.8, 4) is 0 Å². The van der Waals surface area contributed by atoms with Crippen LogP contribution in [0.2, 0.25) is 0 Å². The number of hydrogen-bond acceptors (Lipinski definition) is 6. The largest absolute Gasteiger partial charge is 0.465 e. The predicted molar refractivity (Wildman–Crippen MR) is 76.4 cm³/mol. The molecule has 1 aliphatic rings. The number of benzene rings is 1. The molecule has 1 heterocycles. The van der Waals surface area contributed by atoms with E-state index in [4.69, 9.17) is 10.5 Å². The maximum Gasteiger partial charge on any atom is 0.337 e. The third-order valence-electron chi connectivity index (χ3n) is 3.23. The first kappa shape index (κ1) is 15.7. The smallest absolute Gasteiger partial charge is 0.337 e. The van der Waals surface area contributed by atoms with Gasteiger partial charge in [-0.05, 0) is 24.6 Å². The summed E-state index contributed by atoms with van der Waals surface area (Å²) in [6, 6.07) is 4.04. The Bertz CT molecular complexity index is 621. The van der Waals surface area contributed by atoms with Crippen molar-refractivity contribution in [2.75, 3.05) is 39.1 Å². The highest BCUT2D eigenvalue weighted by atomic mass is 32.2. The molecule has 1 fully saturated rings. The fourth-order valence-corrected chi connectivity index (χ4v) is 3.69. The number of rotatable bonds is 3. The van der Waals surface area contributed by atoms with Crippen LogP contribution in [0.3, 0.4) is 0 Å². The topological polar surface area (TPSA) is 98.9 Å². The number of carbonyl (C=O) groups is 1. The van der Waals surface area contributed by atoms with Gasteiger partial charge in [0.2, 0.25) is 10.0 Å². The second kappa shape index (κ2) is 6.42. The van der Waals surface area contributed by atoms with Gasteiger partial charge < -0.3 is 15.2 Å². The van der Waals surface area contributed by atoms with E-state index in [-0.39, 0.29) is 16.1 Å². The first-order valence-electron chi connectivity index (χ1n) is 6.52. The van der Waals surface area contributed by atoms with Gasteiger partial charge in [0, 0.05) is 19.7 Å². The number of carbonyl (C=O) groups excluding carboxylic acids is 1.